The topological polar surface area (TPSA) is 87.5 Å². The fraction of sp³-hybridized carbons (Fsp3) is 0.235. The van der Waals surface area contributed by atoms with Crippen molar-refractivity contribution in [2.45, 2.75) is 6.42 Å². The molecule has 3 rings (SSSR count). The fourth-order valence-electron chi connectivity index (χ4n) is 2.87. The summed E-state index contributed by atoms with van der Waals surface area (Å²) < 4.78 is 24.9. The maximum Gasteiger partial charge on any atom is 0.407 e. The molecule has 7 nitrogen and oxygen atoms in total. The SMILES string of the molecule is CN(CCCN1c2ccc(Cl)cc2N(c2ccccc2)S1(O)O)C(=O)O. The van der Waals surface area contributed by atoms with Crippen LogP contribution < -0.4 is 8.61 Å². The summed E-state index contributed by atoms with van der Waals surface area (Å²) in [5.41, 5.74) is 1.90. The molecule has 0 aliphatic carbocycles. The first-order valence-corrected chi connectivity index (χ1v) is 9.81. The molecular formula is C17H20ClN3O4S. The van der Waals surface area contributed by atoms with Gasteiger partial charge in [-0.1, -0.05) is 29.8 Å². The molecule has 140 valence electrons. The second-order valence-electron chi connectivity index (χ2n) is 5.91. The molecule has 1 aliphatic rings. The van der Waals surface area contributed by atoms with E-state index < -0.39 is 17.1 Å². The molecule has 2 aromatic carbocycles. The Bertz CT molecular complexity index is 806. The van der Waals surface area contributed by atoms with E-state index in [2.05, 4.69) is 0 Å². The van der Waals surface area contributed by atoms with Gasteiger partial charge in [-0.3, -0.25) is 13.4 Å². The van der Waals surface area contributed by atoms with Crippen molar-refractivity contribution >= 4 is 45.7 Å². The van der Waals surface area contributed by atoms with Crippen LogP contribution in [0.2, 0.25) is 5.02 Å². The summed E-state index contributed by atoms with van der Waals surface area (Å²) in [5, 5.41) is 9.44. The van der Waals surface area contributed by atoms with Crippen LogP contribution in [0.4, 0.5) is 21.9 Å². The van der Waals surface area contributed by atoms with Crippen LogP contribution in [0.5, 0.6) is 0 Å². The van der Waals surface area contributed by atoms with E-state index >= 15 is 0 Å². The Hall–Kier alpha value is -2.13. The van der Waals surface area contributed by atoms with E-state index in [4.69, 9.17) is 16.7 Å². The molecule has 3 N–H and O–H groups in total. The largest absolute Gasteiger partial charge is 0.465 e. The molecule has 0 aromatic heterocycles. The zero-order valence-electron chi connectivity index (χ0n) is 14.1. The van der Waals surface area contributed by atoms with Crippen molar-refractivity contribution in [3.63, 3.8) is 0 Å². The Morgan fingerprint density at radius 2 is 1.85 bits per heavy atom. The van der Waals surface area contributed by atoms with Crippen molar-refractivity contribution in [2.75, 3.05) is 28.7 Å². The van der Waals surface area contributed by atoms with Crippen LogP contribution >= 0.6 is 22.6 Å². The molecule has 0 fully saturated rings. The lowest BCUT2D eigenvalue weighted by Gasteiger charge is -2.43. The molecule has 26 heavy (non-hydrogen) atoms. The second-order valence-corrected chi connectivity index (χ2v) is 8.13. The molecule has 1 heterocycles. The molecular weight excluding hydrogens is 378 g/mol. The lowest BCUT2D eigenvalue weighted by atomic mass is 10.2. The number of anilines is 3. The minimum atomic E-state index is -3.33. The van der Waals surface area contributed by atoms with E-state index in [1.807, 2.05) is 18.2 Å². The van der Waals surface area contributed by atoms with E-state index in [9.17, 15) is 13.9 Å². The van der Waals surface area contributed by atoms with Crippen molar-refractivity contribution in [2.24, 2.45) is 0 Å². The summed E-state index contributed by atoms with van der Waals surface area (Å²) in [6.45, 7) is 0.577. The van der Waals surface area contributed by atoms with E-state index in [1.54, 1.807) is 30.3 Å². The highest BCUT2D eigenvalue weighted by Crippen LogP contribution is 2.64. The number of hydrogen-bond donors (Lipinski definition) is 3. The number of halogens is 1. The van der Waals surface area contributed by atoms with E-state index in [0.717, 1.165) is 0 Å². The van der Waals surface area contributed by atoms with Crippen LogP contribution in [-0.2, 0) is 0 Å². The Labute approximate surface area is 158 Å². The first-order chi connectivity index (χ1) is 12.3. The van der Waals surface area contributed by atoms with Gasteiger partial charge in [-0.25, -0.2) is 9.10 Å². The number of para-hydroxylation sites is 1. The summed E-state index contributed by atoms with van der Waals surface area (Å²) in [6.07, 6.45) is -0.570. The third-order valence-electron chi connectivity index (χ3n) is 4.14. The molecule has 0 atom stereocenters. The van der Waals surface area contributed by atoms with Gasteiger partial charge in [0.1, 0.15) is 0 Å². The lowest BCUT2D eigenvalue weighted by Crippen LogP contribution is -2.34. The lowest BCUT2D eigenvalue weighted by molar-refractivity contribution is 0.156. The predicted molar refractivity (Wildman–Crippen MR) is 105 cm³/mol. The fourth-order valence-corrected chi connectivity index (χ4v) is 4.84. The first kappa shape index (κ1) is 18.7. The number of rotatable bonds is 5. The van der Waals surface area contributed by atoms with Crippen LogP contribution in [0, 0.1) is 0 Å². The van der Waals surface area contributed by atoms with Gasteiger partial charge in [-0.2, -0.15) is 0 Å². The van der Waals surface area contributed by atoms with Crippen molar-refractivity contribution in [3.8, 4) is 0 Å². The van der Waals surface area contributed by atoms with Crippen molar-refractivity contribution in [1.29, 1.82) is 0 Å². The minimum Gasteiger partial charge on any atom is -0.465 e. The van der Waals surface area contributed by atoms with E-state index in [-0.39, 0.29) is 13.1 Å². The Balaban J connectivity index is 1.92. The van der Waals surface area contributed by atoms with Gasteiger partial charge >= 0.3 is 6.09 Å². The quantitative estimate of drug-likeness (QED) is 0.666. The summed E-state index contributed by atoms with van der Waals surface area (Å²) in [7, 11) is -1.85. The standard InChI is InChI=1S/C17H20ClN3O4S/c1-19(17(22)23)10-5-11-20-15-9-8-13(18)12-16(15)21(26(20,24)25)14-6-3-2-4-7-14/h2-4,6-9,12,24-25H,5,10-11H2,1H3,(H,22,23). The second kappa shape index (κ2) is 7.24. The highest BCUT2D eigenvalue weighted by molar-refractivity contribution is 8.27. The number of carbonyl (C=O) groups is 1. The van der Waals surface area contributed by atoms with Gasteiger partial charge in [0.15, 0.2) is 0 Å². The van der Waals surface area contributed by atoms with Crippen molar-refractivity contribution in [1.82, 2.24) is 4.90 Å². The van der Waals surface area contributed by atoms with Gasteiger partial charge in [-0.15, -0.1) is 0 Å². The molecule has 9 heteroatoms. The number of carboxylic acid groups (broad SMARTS) is 1. The average molecular weight is 398 g/mol. The predicted octanol–water partition coefficient (Wildman–Crippen LogP) is 4.88. The van der Waals surface area contributed by atoms with Gasteiger partial charge in [0.2, 0.25) is 0 Å². The number of fused-ring (bicyclic) bond motifs is 1. The highest BCUT2D eigenvalue weighted by atomic mass is 35.5. The Morgan fingerprint density at radius 1 is 1.15 bits per heavy atom. The van der Waals surface area contributed by atoms with Gasteiger partial charge < -0.3 is 10.0 Å². The summed E-state index contributed by atoms with van der Waals surface area (Å²) in [5.74, 6) is 0. The van der Waals surface area contributed by atoms with Crippen LogP contribution in [0.3, 0.4) is 0 Å². The van der Waals surface area contributed by atoms with Crippen LogP contribution in [-0.4, -0.2) is 45.3 Å². The number of amides is 1. The Morgan fingerprint density at radius 3 is 2.50 bits per heavy atom. The monoisotopic (exact) mass is 397 g/mol. The Kier molecular flexibility index (Phi) is 5.19. The van der Waals surface area contributed by atoms with Crippen LogP contribution in [0.25, 0.3) is 0 Å². The van der Waals surface area contributed by atoms with Gasteiger partial charge in [0.25, 0.3) is 0 Å². The molecule has 2 aromatic rings. The van der Waals surface area contributed by atoms with E-state index in [1.165, 1.54) is 20.6 Å². The molecule has 0 unspecified atom stereocenters. The first-order valence-electron chi connectivity index (χ1n) is 7.97. The minimum absolute atomic E-state index is 0.287. The third kappa shape index (κ3) is 3.41. The zero-order chi connectivity index (χ0) is 18.9. The summed E-state index contributed by atoms with van der Waals surface area (Å²) >= 11 is 6.13. The summed E-state index contributed by atoms with van der Waals surface area (Å²) in [6, 6.07) is 14.2. The molecule has 1 amide bonds. The third-order valence-corrected chi connectivity index (χ3v) is 6.24. The van der Waals surface area contributed by atoms with Gasteiger partial charge in [-0.05, 0) is 47.7 Å². The van der Waals surface area contributed by atoms with Gasteiger partial charge in [0, 0.05) is 25.2 Å². The summed E-state index contributed by atoms with van der Waals surface area (Å²) in [4.78, 5) is 12.1. The molecule has 0 saturated heterocycles. The zero-order valence-corrected chi connectivity index (χ0v) is 15.7. The average Bonchev–Trinajstić information content (AvgIpc) is 2.81. The molecule has 0 saturated carbocycles. The molecule has 0 radical (unpaired) electrons. The molecule has 0 spiro atoms. The van der Waals surface area contributed by atoms with Crippen LogP contribution in [0.15, 0.2) is 48.5 Å². The van der Waals surface area contributed by atoms with Crippen molar-refractivity contribution in [3.05, 3.63) is 53.6 Å². The number of hydrogen-bond acceptors (Lipinski definition) is 5. The van der Waals surface area contributed by atoms with E-state index in [0.29, 0.717) is 28.5 Å². The maximum absolute atomic E-state index is 11.0. The van der Waals surface area contributed by atoms with Gasteiger partial charge in [0.05, 0.1) is 17.1 Å². The smallest absolute Gasteiger partial charge is 0.407 e. The molecule has 0 bridgehead atoms. The maximum atomic E-state index is 11.0. The number of benzene rings is 2. The van der Waals surface area contributed by atoms with Crippen LogP contribution in [0.1, 0.15) is 6.42 Å². The normalized spacial score (nSPS) is 16.3. The number of nitrogens with zero attached hydrogens (tertiary/aromatic N) is 3. The highest BCUT2D eigenvalue weighted by Gasteiger charge is 2.41. The van der Waals surface area contributed by atoms with Crippen molar-refractivity contribution < 1.29 is 19.0 Å². The molecule has 1 aliphatic heterocycles.